The number of nitrogens with two attached hydrogens (primary N) is 1. The summed E-state index contributed by atoms with van der Waals surface area (Å²) in [4.78, 5) is 1.34. The summed E-state index contributed by atoms with van der Waals surface area (Å²) in [5.74, 6) is 6.72. The second-order valence-electron chi connectivity index (χ2n) is 2.96. The SMILES string of the molecule is CCSc1ccccc1CN(C)N. The molecule has 0 bridgehead atoms. The van der Waals surface area contributed by atoms with Crippen LogP contribution < -0.4 is 5.84 Å². The Morgan fingerprint density at radius 2 is 2.08 bits per heavy atom. The highest BCUT2D eigenvalue weighted by molar-refractivity contribution is 7.99. The second kappa shape index (κ2) is 5.27. The number of hydrogen-bond donors (Lipinski definition) is 1. The predicted octanol–water partition coefficient (Wildman–Crippen LogP) is 2.10. The van der Waals surface area contributed by atoms with Gasteiger partial charge in [-0.25, -0.2) is 5.01 Å². The van der Waals surface area contributed by atoms with E-state index < -0.39 is 0 Å². The van der Waals surface area contributed by atoms with Gasteiger partial charge in [-0.05, 0) is 17.4 Å². The summed E-state index contributed by atoms with van der Waals surface area (Å²) >= 11 is 1.86. The monoisotopic (exact) mass is 196 g/mol. The average molecular weight is 196 g/mol. The van der Waals surface area contributed by atoms with Crippen LogP contribution >= 0.6 is 11.8 Å². The Kier molecular flexibility index (Phi) is 4.28. The van der Waals surface area contributed by atoms with Gasteiger partial charge in [-0.3, -0.25) is 5.84 Å². The summed E-state index contributed by atoms with van der Waals surface area (Å²) in [5, 5.41) is 1.70. The van der Waals surface area contributed by atoms with Crippen LogP contribution in [0.2, 0.25) is 0 Å². The van der Waals surface area contributed by atoms with Crippen molar-refractivity contribution < 1.29 is 0 Å². The molecule has 72 valence electrons. The first-order chi connectivity index (χ1) is 6.24. The quantitative estimate of drug-likeness (QED) is 0.454. The largest absolute Gasteiger partial charge is 0.269 e. The minimum Gasteiger partial charge on any atom is -0.269 e. The van der Waals surface area contributed by atoms with Gasteiger partial charge in [0.15, 0.2) is 0 Å². The molecule has 2 nitrogen and oxygen atoms in total. The molecule has 0 amide bonds. The molecule has 0 saturated heterocycles. The van der Waals surface area contributed by atoms with Gasteiger partial charge in [-0.15, -0.1) is 11.8 Å². The molecular formula is C10H16N2S. The molecule has 0 radical (unpaired) electrons. The van der Waals surface area contributed by atoms with Crippen molar-refractivity contribution in [2.75, 3.05) is 12.8 Å². The molecule has 3 heteroatoms. The topological polar surface area (TPSA) is 29.3 Å². The van der Waals surface area contributed by atoms with Crippen LogP contribution in [0.5, 0.6) is 0 Å². The Hall–Kier alpha value is -0.510. The predicted molar refractivity (Wildman–Crippen MR) is 58.5 cm³/mol. The van der Waals surface area contributed by atoms with Crippen LogP contribution in [0.15, 0.2) is 29.2 Å². The Morgan fingerprint density at radius 3 is 2.69 bits per heavy atom. The molecular weight excluding hydrogens is 180 g/mol. The minimum absolute atomic E-state index is 0.809. The molecule has 0 fully saturated rings. The third-order valence-corrected chi connectivity index (χ3v) is 2.69. The molecule has 0 heterocycles. The van der Waals surface area contributed by atoms with Gasteiger partial charge in [-0.1, -0.05) is 25.1 Å². The molecule has 1 aromatic carbocycles. The molecule has 0 spiro atoms. The first-order valence-electron chi connectivity index (χ1n) is 4.40. The van der Waals surface area contributed by atoms with Crippen molar-refractivity contribution in [2.24, 2.45) is 5.84 Å². The maximum atomic E-state index is 5.61. The average Bonchev–Trinajstić information content (AvgIpc) is 2.08. The van der Waals surface area contributed by atoms with Crippen LogP contribution in [0.3, 0.4) is 0 Å². The van der Waals surface area contributed by atoms with Crippen LogP contribution in [-0.4, -0.2) is 17.8 Å². The highest BCUT2D eigenvalue weighted by Crippen LogP contribution is 2.22. The van der Waals surface area contributed by atoms with E-state index in [1.54, 1.807) is 5.01 Å². The Morgan fingerprint density at radius 1 is 1.38 bits per heavy atom. The lowest BCUT2D eigenvalue weighted by atomic mass is 10.2. The summed E-state index contributed by atoms with van der Waals surface area (Å²) in [7, 11) is 1.88. The molecule has 1 aromatic rings. The van der Waals surface area contributed by atoms with Crippen molar-refractivity contribution in [1.29, 1.82) is 0 Å². The van der Waals surface area contributed by atoms with Crippen molar-refractivity contribution in [3.8, 4) is 0 Å². The molecule has 0 aliphatic rings. The lowest BCUT2D eigenvalue weighted by Crippen LogP contribution is -2.25. The van der Waals surface area contributed by atoms with Gasteiger partial charge in [0.1, 0.15) is 0 Å². The third-order valence-electron chi connectivity index (χ3n) is 1.69. The van der Waals surface area contributed by atoms with Crippen molar-refractivity contribution in [2.45, 2.75) is 18.4 Å². The van der Waals surface area contributed by atoms with E-state index in [0.29, 0.717) is 0 Å². The van der Waals surface area contributed by atoms with Gasteiger partial charge in [0, 0.05) is 18.5 Å². The first-order valence-corrected chi connectivity index (χ1v) is 5.39. The standard InChI is InChI=1S/C10H16N2S/c1-3-13-10-7-5-4-6-9(10)8-12(2)11/h4-7H,3,8,11H2,1-2H3. The van der Waals surface area contributed by atoms with Crippen molar-refractivity contribution >= 4 is 11.8 Å². The fourth-order valence-electron chi connectivity index (χ4n) is 1.20. The molecule has 1 rings (SSSR count). The number of hydrazine groups is 1. The Labute approximate surface area is 84.1 Å². The van der Waals surface area contributed by atoms with E-state index in [1.807, 2.05) is 18.8 Å². The lowest BCUT2D eigenvalue weighted by Gasteiger charge is -2.12. The molecule has 0 unspecified atom stereocenters. The summed E-state index contributed by atoms with van der Waals surface area (Å²) < 4.78 is 0. The fraction of sp³-hybridized carbons (Fsp3) is 0.400. The van der Waals surface area contributed by atoms with Gasteiger partial charge in [0.2, 0.25) is 0 Å². The minimum atomic E-state index is 0.809. The number of thioether (sulfide) groups is 1. The zero-order chi connectivity index (χ0) is 9.68. The fourth-order valence-corrected chi connectivity index (χ4v) is 2.00. The second-order valence-corrected chi connectivity index (χ2v) is 4.26. The van der Waals surface area contributed by atoms with Crippen LogP contribution in [0.1, 0.15) is 12.5 Å². The van der Waals surface area contributed by atoms with E-state index in [1.165, 1.54) is 10.5 Å². The first kappa shape index (κ1) is 10.6. The van der Waals surface area contributed by atoms with Crippen LogP contribution in [-0.2, 0) is 6.54 Å². The Balaban J connectivity index is 2.78. The van der Waals surface area contributed by atoms with Gasteiger partial charge < -0.3 is 0 Å². The maximum Gasteiger partial charge on any atom is 0.0387 e. The maximum absolute atomic E-state index is 5.61. The summed E-state index contributed by atoms with van der Waals surface area (Å²) in [6.45, 7) is 2.97. The van der Waals surface area contributed by atoms with Crippen LogP contribution in [0.4, 0.5) is 0 Å². The number of benzene rings is 1. The van der Waals surface area contributed by atoms with E-state index in [-0.39, 0.29) is 0 Å². The number of hydrogen-bond acceptors (Lipinski definition) is 3. The van der Waals surface area contributed by atoms with Crippen molar-refractivity contribution in [1.82, 2.24) is 5.01 Å². The number of nitrogens with zero attached hydrogens (tertiary/aromatic N) is 1. The summed E-state index contributed by atoms with van der Waals surface area (Å²) in [5.41, 5.74) is 1.30. The lowest BCUT2D eigenvalue weighted by molar-refractivity contribution is 0.339. The normalized spacial score (nSPS) is 10.8. The third kappa shape index (κ3) is 3.38. The molecule has 0 atom stereocenters. The van der Waals surface area contributed by atoms with E-state index in [0.717, 1.165) is 12.3 Å². The highest BCUT2D eigenvalue weighted by atomic mass is 32.2. The zero-order valence-electron chi connectivity index (χ0n) is 8.16. The van der Waals surface area contributed by atoms with Crippen LogP contribution in [0.25, 0.3) is 0 Å². The van der Waals surface area contributed by atoms with Gasteiger partial charge in [0.25, 0.3) is 0 Å². The number of rotatable bonds is 4. The Bertz CT molecular complexity index is 261. The molecule has 13 heavy (non-hydrogen) atoms. The van der Waals surface area contributed by atoms with Crippen LogP contribution in [0, 0.1) is 0 Å². The summed E-state index contributed by atoms with van der Waals surface area (Å²) in [6.07, 6.45) is 0. The summed E-state index contributed by atoms with van der Waals surface area (Å²) in [6, 6.07) is 8.39. The van der Waals surface area contributed by atoms with E-state index in [2.05, 4.69) is 31.2 Å². The smallest absolute Gasteiger partial charge is 0.0387 e. The van der Waals surface area contributed by atoms with Crippen molar-refractivity contribution in [3.63, 3.8) is 0 Å². The van der Waals surface area contributed by atoms with E-state index in [9.17, 15) is 0 Å². The van der Waals surface area contributed by atoms with Gasteiger partial charge in [0.05, 0.1) is 0 Å². The van der Waals surface area contributed by atoms with Gasteiger partial charge >= 0.3 is 0 Å². The highest BCUT2D eigenvalue weighted by Gasteiger charge is 2.01. The van der Waals surface area contributed by atoms with Crippen molar-refractivity contribution in [3.05, 3.63) is 29.8 Å². The molecule has 0 aromatic heterocycles. The van der Waals surface area contributed by atoms with Gasteiger partial charge in [-0.2, -0.15) is 0 Å². The molecule has 0 saturated carbocycles. The zero-order valence-corrected chi connectivity index (χ0v) is 8.97. The molecule has 2 N–H and O–H groups in total. The molecule has 0 aliphatic carbocycles. The van der Waals surface area contributed by atoms with E-state index in [4.69, 9.17) is 5.84 Å². The molecule has 0 aliphatic heterocycles. The van der Waals surface area contributed by atoms with E-state index >= 15 is 0 Å².